The number of hydrogen-bond acceptors (Lipinski definition) is 3. The molecular weight excluding hydrogens is 345 g/mol. The standard InChI is InChI=1S/C18H27F3N4O/c1-2-22-17(23-10-3-4-14-5-7-16(26)8-6-14)24-15-9-11-25(12-15)13-18(19,20)21/h5-8,15,26H,2-4,9-13H2,1H3,(H2,22,23,24). The van der Waals surface area contributed by atoms with Crippen molar-refractivity contribution >= 4 is 5.96 Å². The molecule has 1 aliphatic rings. The predicted molar refractivity (Wildman–Crippen MR) is 96.4 cm³/mol. The van der Waals surface area contributed by atoms with E-state index in [-0.39, 0.29) is 11.8 Å². The molecule has 0 aromatic heterocycles. The first-order valence-electron chi connectivity index (χ1n) is 8.97. The van der Waals surface area contributed by atoms with Gasteiger partial charge in [0.2, 0.25) is 0 Å². The van der Waals surface area contributed by atoms with Crippen molar-refractivity contribution in [3.63, 3.8) is 0 Å². The second-order valence-corrected chi connectivity index (χ2v) is 6.51. The number of aromatic hydroxyl groups is 1. The lowest BCUT2D eigenvalue weighted by molar-refractivity contribution is -0.143. The molecule has 1 aliphatic heterocycles. The number of nitrogens with one attached hydrogen (secondary N) is 2. The van der Waals surface area contributed by atoms with Crippen LogP contribution in [0, 0.1) is 0 Å². The Balaban J connectivity index is 1.76. The van der Waals surface area contributed by atoms with Crippen LogP contribution in [0.15, 0.2) is 29.3 Å². The summed E-state index contributed by atoms with van der Waals surface area (Å²) >= 11 is 0. The molecule has 1 aromatic rings. The van der Waals surface area contributed by atoms with Crippen LogP contribution in [-0.4, -0.2) is 60.9 Å². The lowest BCUT2D eigenvalue weighted by Crippen LogP contribution is -2.45. The molecule has 0 saturated carbocycles. The molecule has 0 bridgehead atoms. The van der Waals surface area contributed by atoms with Crippen LogP contribution in [0.4, 0.5) is 13.2 Å². The molecule has 0 amide bonds. The van der Waals surface area contributed by atoms with Gasteiger partial charge in [-0.3, -0.25) is 9.89 Å². The van der Waals surface area contributed by atoms with E-state index in [1.165, 1.54) is 4.90 Å². The molecule has 26 heavy (non-hydrogen) atoms. The Kier molecular flexibility index (Phi) is 7.56. The van der Waals surface area contributed by atoms with Gasteiger partial charge in [-0.25, -0.2) is 0 Å². The molecule has 146 valence electrons. The Hall–Kier alpha value is -1.96. The molecule has 5 nitrogen and oxygen atoms in total. The van der Waals surface area contributed by atoms with E-state index in [4.69, 9.17) is 0 Å². The van der Waals surface area contributed by atoms with E-state index in [1.807, 2.05) is 19.1 Å². The number of aliphatic imine (C=N–C) groups is 1. The quantitative estimate of drug-likeness (QED) is 0.391. The summed E-state index contributed by atoms with van der Waals surface area (Å²) in [4.78, 5) is 5.94. The van der Waals surface area contributed by atoms with Gasteiger partial charge in [0, 0.05) is 32.2 Å². The number of hydrogen-bond donors (Lipinski definition) is 3. The monoisotopic (exact) mass is 372 g/mol. The maximum absolute atomic E-state index is 12.5. The van der Waals surface area contributed by atoms with Crippen LogP contribution in [0.2, 0.25) is 0 Å². The second-order valence-electron chi connectivity index (χ2n) is 6.51. The molecule has 8 heteroatoms. The normalized spacial score (nSPS) is 18.9. The molecule has 1 fully saturated rings. The van der Waals surface area contributed by atoms with E-state index in [2.05, 4.69) is 15.6 Å². The van der Waals surface area contributed by atoms with Gasteiger partial charge < -0.3 is 15.7 Å². The summed E-state index contributed by atoms with van der Waals surface area (Å²) in [7, 11) is 0. The van der Waals surface area contributed by atoms with Gasteiger partial charge in [-0.1, -0.05) is 12.1 Å². The molecule has 1 atom stereocenters. The summed E-state index contributed by atoms with van der Waals surface area (Å²) in [6.45, 7) is 3.23. The fraction of sp³-hybridized carbons (Fsp3) is 0.611. The Labute approximate surface area is 152 Å². The Morgan fingerprint density at radius 1 is 1.31 bits per heavy atom. The molecule has 1 aromatic carbocycles. The molecule has 0 radical (unpaired) electrons. The average molecular weight is 372 g/mol. The number of halogens is 3. The summed E-state index contributed by atoms with van der Waals surface area (Å²) in [5.41, 5.74) is 1.13. The van der Waals surface area contributed by atoms with E-state index in [9.17, 15) is 18.3 Å². The van der Waals surface area contributed by atoms with Crippen LogP contribution >= 0.6 is 0 Å². The van der Waals surface area contributed by atoms with Gasteiger partial charge in [-0.2, -0.15) is 13.2 Å². The number of phenolic OH excluding ortho intramolecular Hbond substituents is 1. The summed E-state index contributed by atoms with van der Waals surface area (Å²) < 4.78 is 37.4. The van der Waals surface area contributed by atoms with Gasteiger partial charge >= 0.3 is 6.18 Å². The smallest absolute Gasteiger partial charge is 0.401 e. The average Bonchev–Trinajstić information content (AvgIpc) is 2.98. The zero-order valence-corrected chi connectivity index (χ0v) is 15.0. The van der Waals surface area contributed by atoms with E-state index < -0.39 is 12.7 Å². The lowest BCUT2D eigenvalue weighted by Gasteiger charge is -2.19. The fourth-order valence-corrected chi connectivity index (χ4v) is 3.00. The zero-order valence-electron chi connectivity index (χ0n) is 15.0. The summed E-state index contributed by atoms with van der Waals surface area (Å²) in [6.07, 6.45) is -1.77. The Bertz CT molecular complexity index is 575. The molecule has 1 saturated heterocycles. The first kappa shape index (κ1) is 20.4. The number of aryl methyl sites for hydroxylation is 1. The number of alkyl halides is 3. The number of likely N-dealkylation sites (tertiary alicyclic amines) is 1. The molecule has 0 spiro atoms. The third-order valence-corrected chi connectivity index (χ3v) is 4.19. The largest absolute Gasteiger partial charge is 0.508 e. The SMILES string of the molecule is CCNC(=NCCCc1ccc(O)cc1)NC1CCN(CC(F)(F)F)C1. The number of phenols is 1. The predicted octanol–water partition coefficient (Wildman–Crippen LogP) is 2.52. The van der Waals surface area contributed by atoms with Crippen molar-refractivity contribution in [2.24, 2.45) is 4.99 Å². The van der Waals surface area contributed by atoms with E-state index in [0.29, 0.717) is 38.6 Å². The molecule has 2 rings (SSSR count). The van der Waals surface area contributed by atoms with Gasteiger partial charge in [0.05, 0.1) is 6.54 Å². The van der Waals surface area contributed by atoms with Crippen LogP contribution in [-0.2, 0) is 6.42 Å². The minimum atomic E-state index is -4.15. The molecule has 1 unspecified atom stereocenters. The van der Waals surface area contributed by atoms with Crippen LogP contribution in [0.3, 0.4) is 0 Å². The van der Waals surface area contributed by atoms with Crippen molar-refractivity contribution in [2.45, 2.75) is 38.4 Å². The first-order valence-corrected chi connectivity index (χ1v) is 8.97. The number of benzene rings is 1. The van der Waals surface area contributed by atoms with E-state index in [0.717, 1.165) is 18.4 Å². The van der Waals surface area contributed by atoms with Gasteiger partial charge in [0.1, 0.15) is 5.75 Å². The van der Waals surface area contributed by atoms with Crippen LogP contribution in [0.5, 0.6) is 5.75 Å². The highest BCUT2D eigenvalue weighted by atomic mass is 19.4. The van der Waals surface area contributed by atoms with Crippen LogP contribution in [0.1, 0.15) is 25.3 Å². The van der Waals surface area contributed by atoms with Crippen molar-refractivity contribution in [1.29, 1.82) is 0 Å². The molecule has 0 aliphatic carbocycles. The van der Waals surface area contributed by atoms with Crippen molar-refractivity contribution in [2.75, 3.05) is 32.7 Å². The van der Waals surface area contributed by atoms with Crippen LogP contribution < -0.4 is 10.6 Å². The number of guanidine groups is 1. The fourth-order valence-electron chi connectivity index (χ4n) is 3.00. The van der Waals surface area contributed by atoms with Crippen molar-refractivity contribution in [3.05, 3.63) is 29.8 Å². The van der Waals surface area contributed by atoms with Gasteiger partial charge in [-0.05, 0) is 43.9 Å². The van der Waals surface area contributed by atoms with Crippen molar-refractivity contribution in [1.82, 2.24) is 15.5 Å². The Morgan fingerprint density at radius 3 is 2.69 bits per heavy atom. The third kappa shape index (κ3) is 7.51. The maximum Gasteiger partial charge on any atom is 0.401 e. The summed E-state index contributed by atoms with van der Waals surface area (Å²) in [5, 5.41) is 15.7. The van der Waals surface area contributed by atoms with Gasteiger partial charge in [0.15, 0.2) is 5.96 Å². The molecule has 1 heterocycles. The van der Waals surface area contributed by atoms with E-state index >= 15 is 0 Å². The summed E-state index contributed by atoms with van der Waals surface area (Å²) in [6, 6.07) is 7.08. The number of nitrogens with zero attached hydrogens (tertiary/aromatic N) is 2. The summed E-state index contributed by atoms with van der Waals surface area (Å²) in [5.74, 6) is 0.901. The topological polar surface area (TPSA) is 59.9 Å². The second kappa shape index (κ2) is 9.66. The van der Waals surface area contributed by atoms with Crippen molar-refractivity contribution in [3.8, 4) is 5.75 Å². The van der Waals surface area contributed by atoms with Crippen molar-refractivity contribution < 1.29 is 18.3 Å². The highest BCUT2D eigenvalue weighted by molar-refractivity contribution is 5.80. The first-order chi connectivity index (χ1) is 12.4. The Morgan fingerprint density at radius 2 is 2.04 bits per heavy atom. The third-order valence-electron chi connectivity index (χ3n) is 4.19. The highest BCUT2D eigenvalue weighted by Gasteiger charge is 2.34. The van der Waals surface area contributed by atoms with Gasteiger partial charge in [0.25, 0.3) is 0 Å². The van der Waals surface area contributed by atoms with E-state index in [1.54, 1.807) is 12.1 Å². The number of rotatable bonds is 7. The minimum absolute atomic E-state index is 0.0211. The zero-order chi connectivity index (χ0) is 19.0. The van der Waals surface area contributed by atoms with Crippen LogP contribution in [0.25, 0.3) is 0 Å². The molecular formula is C18H27F3N4O. The minimum Gasteiger partial charge on any atom is -0.508 e. The lowest BCUT2D eigenvalue weighted by atomic mass is 10.1. The maximum atomic E-state index is 12.5. The van der Waals surface area contributed by atoms with Gasteiger partial charge in [-0.15, -0.1) is 0 Å². The highest BCUT2D eigenvalue weighted by Crippen LogP contribution is 2.19. The molecule has 3 N–H and O–H groups in total.